The Kier molecular flexibility index (Phi) is 3.21. The molecule has 0 N–H and O–H groups in total. The van der Waals surface area contributed by atoms with Crippen molar-refractivity contribution in [3.63, 3.8) is 0 Å². The Labute approximate surface area is 159 Å². The van der Waals surface area contributed by atoms with Crippen LogP contribution in [0.4, 0.5) is 0 Å². The van der Waals surface area contributed by atoms with E-state index in [0.29, 0.717) is 5.56 Å². The standard InChI is InChI=1S/C23H18BNO2/c1-12-7-5-9-17-20(12)26-22-14(3)16(11-25)15(4)23-19(22)24(17)18-10-6-8-13(2)21(18)27-23/h5-10H,1-4H3. The number of aryl methyl sites for hydroxylation is 2. The highest BCUT2D eigenvalue weighted by molar-refractivity contribution is 6.98. The number of nitriles is 1. The average Bonchev–Trinajstić information content (AvgIpc) is 2.66. The summed E-state index contributed by atoms with van der Waals surface area (Å²) >= 11 is 0. The molecular formula is C23H18BNO2. The van der Waals surface area contributed by atoms with Gasteiger partial charge in [0.25, 0.3) is 6.71 Å². The van der Waals surface area contributed by atoms with Crippen LogP contribution in [0.3, 0.4) is 0 Å². The van der Waals surface area contributed by atoms with Crippen molar-refractivity contribution in [1.29, 1.82) is 5.26 Å². The minimum absolute atomic E-state index is 0.0486. The summed E-state index contributed by atoms with van der Waals surface area (Å²) in [4.78, 5) is 0. The van der Waals surface area contributed by atoms with Gasteiger partial charge in [-0.25, -0.2) is 0 Å². The third-order valence-corrected chi connectivity index (χ3v) is 5.84. The minimum atomic E-state index is 0.0486. The van der Waals surface area contributed by atoms with Gasteiger partial charge >= 0.3 is 0 Å². The number of nitrogens with zero attached hydrogens (tertiary/aromatic N) is 1. The van der Waals surface area contributed by atoms with Crippen molar-refractivity contribution in [2.45, 2.75) is 27.7 Å². The van der Waals surface area contributed by atoms with Gasteiger partial charge in [-0.15, -0.1) is 0 Å². The molecule has 3 nitrogen and oxygen atoms in total. The van der Waals surface area contributed by atoms with Crippen LogP contribution >= 0.6 is 0 Å². The predicted octanol–water partition coefficient (Wildman–Crippen LogP) is 3.52. The molecule has 3 aromatic carbocycles. The van der Waals surface area contributed by atoms with E-state index in [1.807, 2.05) is 13.8 Å². The lowest BCUT2D eigenvalue weighted by Gasteiger charge is -2.36. The Morgan fingerprint density at radius 2 is 1.22 bits per heavy atom. The van der Waals surface area contributed by atoms with E-state index in [2.05, 4.69) is 56.3 Å². The van der Waals surface area contributed by atoms with Gasteiger partial charge in [0.15, 0.2) is 0 Å². The van der Waals surface area contributed by atoms with Crippen LogP contribution in [-0.2, 0) is 0 Å². The molecule has 0 radical (unpaired) electrons. The smallest absolute Gasteiger partial charge is 0.260 e. The Morgan fingerprint density at radius 1 is 0.741 bits per heavy atom. The molecule has 2 aliphatic heterocycles. The fraction of sp³-hybridized carbons (Fsp3) is 0.174. The summed E-state index contributed by atoms with van der Waals surface area (Å²) in [6.45, 7) is 8.11. The zero-order chi connectivity index (χ0) is 18.9. The van der Waals surface area contributed by atoms with E-state index in [0.717, 1.165) is 61.6 Å². The minimum Gasteiger partial charge on any atom is -0.458 e. The molecule has 0 amide bonds. The number of hydrogen-bond donors (Lipinski definition) is 0. The quantitative estimate of drug-likeness (QED) is 0.401. The second-order valence-electron chi connectivity index (χ2n) is 7.43. The van der Waals surface area contributed by atoms with Crippen molar-refractivity contribution in [3.8, 4) is 29.1 Å². The van der Waals surface area contributed by atoms with E-state index >= 15 is 0 Å². The fourth-order valence-corrected chi connectivity index (χ4v) is 4.47. The van der Waals surface area contributed by atoms with Gasteiger partial charge in [0.05, 0.1) is 11.6 Å². The SMILES string of the molecule is Cc1cccc2c1Oc1c(C)c(C#N)c(C)c3c1B2c1cccc(C)c1O3. The van der Waals surface area contributed by atoms with E-state index in [4.69, 9.17) is 9.47 Å². The number of benzene rings is 3. The highest BCUT2D eigenvalue weighted by Gasteiger charge is 2.43. The van der Waals surface area contributed by atoms with E-state index < -0.39 is 0 Å². The summed E-state index contributed by atoms with van der Waals surface area (Å²) in [7, 11) is 0. The third kappa shape index (κ3) is 1.97. The maximum Gasteiger partial charge on any atom is 0.260 e. The van der Waals surface area contributed by atoms with Crippen LogP contribution in [0, 0.1) is 39.0 Å². The van der Waals surface area contributed by atoms with Gasteiger partial charge < -0.3 is 9.47 Å². The summed E-state index contributed by atoms with van der Waals surface area (Å²) in [6.07, 6.45) is 0. The fourth-order valence-electron chi connectivity index (χ4n) is 4.47. The maximum absolute atomic E-state index is 9.74. The first-order valence-corrected chi connectivity index (χ1v) is 9.14. The van der Waals surface area contributed by atoms with Crippen molar-refractivity contribution >= 4 is 23.1 Å². The van der Waals surface area contributed by atoms with Crippen molar-refractivity contribution in [3.05, 3.63) is 64.2 Å². The molecule has 0 aromatic heterocycles. The number of rotatable bonds is 0. The normalized spacial score (nSPS) is 12.9. The molecule has 5 rings (SSSR count). The highest BCUT2D eigenvalue weighted by Crippen LogP contribution is 2.41. The molecule has 2 aliphatic rings. The first-order valence-electron chi connectivity index (χ1n) is 9.14. The van der Waals surface area contributed by atoms with Crippen molar-refractivity contribution in [1.82, 2.24) is 0 Å². The molecule has 4 heteroatoms. The molecule has 0 bridgehead atoms. The van der Waals surface area contributed by atoms with Crippen LogP contribution in [0.25, 0.3) is 0 Å². The van der Waals surface area contributed by atoms with Crippen LogP contribution in [0.15, 0.2) is 36.4 Å². The second kappa shape index (κ2) is 5.41. The zero-order valence-corrected chi connectivity index (χ0v) is 15.8. The summed E-state index contributed by atoms with van der Waals surface area (Å²) in [6, 6.07) is 14.9. The molecule has 0 spiro atoms. The Bertz CT molecular complexity index is 1110. The lowest BCUT2D eigenvalue weighted by Crippen LogP contribution is -2.58. The van der Waals surface area contributed by atoms with Gasteiger partial charge in [-0.05, 0) is 49.7 Å². The van der Waals surface area contributed by atoms with Crippen molar-refractivity contribution in [2.75, 3.05) is 0 Å². The van der Waals surface area contributed by atoms with Crippen LogP contribution < -0.4 is 25.9 Å². The number of hydrogen-bond acceptors (Lipinski definition) is 3. The molecule has 0 fully saturated rings. The molecule has 0 unspecified atom stereocenters. The summed E-state index contributed by atoms with van der Waals surface area (Å²) in [5, 5.41) is 9.74. The van der Waals surface area contributed by atoms with Gasteiger partial charge in [0.1, 0.15) is 23.0 Å². The molecule has 27 heavy (non-hydrogen) atoms. The number of ether oxygens (including phenoxy) is 2. The predicted molar refractivity (Wildman–Crippen MR) is 108 cm³/mol. The van der Waals surface area contributed by atoms with E-state index in [9.17, 15) is 5.26 Å². The van der Waals surface area contributed by atoms with Crippen molar-refractivity contribution in [2.24, 2.45) is 0 Å². The molecule has 3 aromatic rings. The van der Waals surface area contributed by atoms with Gasteiger partial charge in [0, 0.05) is 16.6 Å². The largest absolute Gasteiger partial charge is 0.458 e. The number of fused-ring (bicyclic) bond motifs is 4. The van der Waals surface area contributed by atoms with Gasteiger partial charge in [-0.2, -0.15) is 5.26 Å². The summed E-state index contributed by atoms with van der Waals surface area (Å²) in [5.41, 5.74) is 7.94. The Balaban J connectivity index is 1.95. The number of para-hydroxylation sites is 2. The lowest BCUT2D eigenvalue weighted by atomic mass is 9.34. The lowest BCUT2D eigenvalue weighted by molar-refractivity contribution is 0.456. The van der Waals surface area contributed by atoms with Crippen LogP contribution in [0.5, 0.6) is 23.0 Å². The molecule has 0 aliphatic carbocycles. The van der Waals surface area contributed by atoms with Crippen LogP contribution in [0.1, 0.15) is 27.8 Å². The molecule has 0 saturated carbocycles. The molecule has 0 saturated heterocycles. The van der Waals surface area contributed by atoms with E-state index in [-0.39, 0.29) is 6.71 Å². The Hall–Kier alpha value is -3.19. The maximum atomic E-state index is 9.74. The molecule has 0 atom stereocenters. The molecular weight excluding hydrogens is 333 g/mol. The monoisotopic (exact) mass is 351 g/mol. The second-order valence-corrected chi connectivity index (χ2v) is 7.43. The molecule has 2 heterocycles. The summed E-state index contributed by atoms with van der Waals surface area (Å²) < 4.78 is 12.8. The zero-order valence-electron chi connectivity index (χ0n) is 15.8. The van der Waals surface area contributed by atoms with E-state index in [1.165, 1.54) is 0 Å². The first-order chi connectivity index (χ1) is 13.0. The van der Waals surface area contributed by atoms with Crippen LogP contribution in [-0.4, -0.2) is 6.71 Å². The Morgan fingerprint density at radius 3 is 1.67 bits per heavy atom. The van der Waals surface area contributed by atoms with Gasteiger partial charge in [-0.1, -0.05) is 36.4 Å². The first kappa shape index (κ1) is 16.0. The van der Waals surface area contributed by atoms with Gasteiger partial charge in [0.2, 0.25) is 0 Å². The average molecular weight is 351 g/mol. The highest BCUT2D eigenvalue weighted by atomic mass is 16.5. The van der Waals surface area contributed by atoms with E-state index in [1.54, 1.807) is 0 Å². The van der Waals surface area contributed by atoms with Crippen LogP contribution in [0.2, 0.25) is 0 Å². The van der Waals surface area contributed by atoms with Crippen molar-refractivity contribution < 1.29 is 9.47 Å². The topological polar surface area (TPSA) is 42.2 Å². The summed E-state index contributed by atoms with van der Waals surface area (Å²) in [5.74, 6) is 3.33. The third-order valence-electron chi connectivity index (χ3n) is 5.84. The van der Waals surface area contributed by atoms with Gasteiger partial charge in [-0.3, -0.25) is 0 Å². The molecule has 130 valence electrons.